The van der Waals surface area contributed by atoms with Crippen molar-refractivity contribution in [1.82, 2.24) is 14.8 Å². The Morgan fingerprint density at radius 3 is 2.52 bits per heavy atom. The SMILES string of the molecule is O=C(O)c1cc(-c2cccnc2)n(-c2ccc(C(F)(F)F)cc2Cl)n1. The Bertz CT molecular complexity index is 940. The molecule has 1 aromatic carbocycles. The first-order valence-corrected chi connectivity index (χ1v) is 7.26. The molecule has 0 saturated carbocycles. The third kappa shape index (κ3) is 3.34. The molecule has 0 amide bonds. The molecule has 0 fully saturated rings. The van der Waals surface area contributed by atoms with Gasteiger partial charge in [0.2, 0.25) is 0 Å². The number of hydrogen-bond donors (Lipinski definition) is 1. The number of carbonyl (C=O) groups is 1. The lowest BCUT2D eigenvalue weighted by Gasteiger charge is -2.12. The van der Waals surface area contributed by atoms with Crippen molar-refractivity contribution in [2.75, 3.05) is 0 Å². The van der Waals surface area contributed by atoms with Crippen molar-refractivity contribution >= 4 is 17.6 Å². The van der Waals surface area contributed by atoms with Crippen molar-refractivity contribution in [2.45, 2.75) is 6.18 Å². The fraction of sp³-hybridized carbons (Fsp3) is 0.0625. The van der Waals surface area contributed by atoms with Gasteiger partial charge in [-0.15, -0.1) is 0 Å². The average Bonchev–Trinajstić information content (AvgIpc) is 3.00. The molecule has 0 radical (unpaired) electrons. The third-order valence-corrected chi connectivity index (χ3v) is 3.69. The van der Waals surface area contributed by atoms with Crippen molar-refractivity contribution in [3.63, 3.8) is 0 Å². The van der Waals surface area contributed by atoms with Gasteiger partial charge in [0.25, 0.3) is 0 Å². The monoisotopic (exact) mass is 367 g/mol. The van der Waals surface area contributed by atoms with Gasteiger partial charge in [-0.25, -0.2) is 9.48 Å². The van der Waals surface area contributed by atoms with Crippen LogP contribution in [0.3, 0.4) is 0 Å². The lowest BCUT2D eigenvalue weighted by Crippen LogP contribution is -2.07. The number of carboxylic acids is 1. The summed E-state index contributed by atoms with van der Waals surface area (Å²) in [6.07, 6.45) is -1.52. The molecule has 0 bridgehead atoms. The maximum Gasteiger partial charge on any atom is 0.416 e. The fourth-order valence-electron chi connectivity index (χ4n) is 2.24. The summed E-state index contributed by atoms with van der Waals surface area (Å²) in [5, 5.41) is 12.9. The highest BCUT2D eigenvalue weighted by molar-refractivity contribution is 6.32. The van der Waals surface area contributed by atoms with E-state index in [0.29, 0.717) is 11.3 Å². The average molecular weight is 368 g/mol. The molecule has 128 valence electrons. The van der Waals surface area contributed by atoms with Gasteiger partial charge in [0.1, 0.15) is 0 Å². The number of pyridine rings is 1. The number of hydrogen-bond acceptors (Lipinski definition) is 3. The van der Waals surface area contributed by atoms with Crippen LogP contribution in [0.5, 0.6) is 0 Å². The lowest BCUT2D eigenvalue weighted by atomic mass is 10.1. The van der Waals surface area contributed by atoms with Crippen molar-refractivity contribution in [1.29, 1.82) is 0 Å². The largest absolute Gasteiger partial charge is 0.476 e. The van der Waals surface area contributed by atoms with Gasteiger partial charge in [0.05, 0.1) is 22.0 Å². The van der Waals surface area contributed by atoms with E-state index in [0.717, 1.165) is 18.2 Å². The smallest absolute Gasteiger partial charge is 0.416 e. The normalized spacial score (nSPS) is 11.5. The number of aromatic carboxylic acids is 1. The van der Waals surface area contributed by atoms with E-state index >= 15 is 0 Å². The van der Waals surface area contributed by atoms with Gasteiger partial charge in [-0.2, -0.15) is 18.3 Å². The minimum Gasteiger partial charge on any atom is -0.476 e. The van der Waals surface area contributed by atoms with E-state index in [2.05, 4.69) is 10.1 Å². The second-order valence-electron chi connectivity index (χ2n) is 5.04. The number of alkyl halides is 3. The molecular formula is C16H9ClF3N3O2. The molecule has 0 aliphatic carbocycles. The number of carboxylic acid groups (broad SMARTS) is 1. The van der Waals surface area contributed by atoms with Gasteiger partial charge in [0, 0.05) is 18.0 Å². The molecule has 25 heavy (non-hydrogen) atoms. The quantitative estimate of drug-likeness (QED) is 0.749. The van der Waals surface area contributed by atoms with Gasteiger partial charge in [-0.05, 0) is 36.4 Å². The molecule has 3 rings (SSSR count). The molecule has 3 aromatic rings. The third-order valence-electron chi connectivity index (χ3n) is 3.39. The summed E-state index contributed by atoms with van der Waals surface area (Å²) >= 11 is 5.99. The van der Waals surface area contributed by atoms with Crippen LogP contribution >= 0.6 is 11.6 Å². The zero-order valence-electron chi connectivity index (χ0n) is 12.3. The van der Waals surface area contributed by atoms with Crippen LogP contribution in [-0.4, -0.2) is 25.8 Å². The van der Waals surface area contributed by atoms with Crippen molar-refractivity contribution in [3.05, 3.63) is 65.1 Å². The molecule has 0 spiro atoms. The Morgan fingerprint density at radius 2 is 1.96 bits per heavy atom. The van der Waals surface area contributed by atoms with Crippen LogP contribution in [0.25, 0.3) is 16.9 Å². The van der Waals surface area contributed by atoms with E-state index in [-0.39, 0.29) is 16.4 Å². The minimum absolute atomic E-state index is 0.126. The highest BCUT2D eigenvalue weighted by Gasteiger charge is 2.31. The predicted molar refractivity (Wildman–Crippen MR) is 83.8 cm³/mol. The lowest BCUT2D eigenvalue weighted by molar-refractivity contribution is -0.137. The molecule has 0 atom stereocenters. The van der Waals surface area contributed by atoms with Gasteiger partial charge < -0.3 is 5.11 Å². The van der Waals surface area contributed by atoms with Crippen molar-refractivity contribution in [2.24, 2.45) is 0 Å². The van der Waals surface area contributed by atoms with Crippen LogP contribution in [0.2, 0.25) is 5.02 Å². The Labute approximate surface area is 144 Å². The molecular weight excluding hydrogens is 359 g/mol. The highest BCUT2D eigenvalue weighted by atomic mass is 35.5. The van der Waals surface area contributed by atoms with Crippen molar-refractivity contribution < 1.29 is 23.1 Å². The second-order valence-corrected chi connectivity index (χ2v) is 5.44. The van der Waals surface area contributed by atoms with Gasteiger partial charge in [-0.1, -0.05) is 11.6 Å². The van der Waals surface area contributed by atoms with Gasteiger partial charge in [-0.3, -0.25) is 4.98 Å². The number of halogens is 4. The summed E-state index contributed by atoms with van der Waals surface area (Å²) in [7, 11) is 0. The Hall–Kier alpha value is -2.87. The van der Waals surface area contributed by atoms with Crippen LogP contribution < -0.4 is 0 Å². The molecule has 0 unspecified atom stereocenters. The fourth-order valence-corrected chi connectivity index (χ4v) is 2.50. The highest BCUT2D eigenvalue weighted by Crippen LogP contribution is 2.34. The van der Waals surface area contributed by atoms with Gasteiger partial charge >= 0.3 is 12.1 Å². The molecule has 0 aliphatic rings. The first kappa shape index (κ1) is 17.0. The number of rotatable bonds is 3. The van der Waals surface area contributed by atoms with E-state index in [9.17, 15) is 18.0 Å². The van der Waals surface area contributed by atoms with Crippen LogP contribution in [0.1, 0.15) is 16.1 Å². The minimum atomic E-state index is -4.54. The molecule has 9 heteroatoms. The van der Waals surface area contributed by atoms with E-state index in [1.165, 1.54) is 23.1 Å². The number of aromatic nitrogens is 3. The Kier molecular flexibility index (Phi) is 4.22. The van der Waals surface area contributed by atoms with E-state index in [4.69, 9.17) is 16.7 Å². The summed E-state index contributed by atoms with van der Waals surface area (Å²) in [4.78, 5) is 15.2. The predicted octanol–water partition coefficient (Wildman–Crippen LogP) is 4.30. The topological polar surface area (TPSA) is 68.0 Å². The molecule has 1 N–H and O–H groups in total. The molecule has 0 saturated heterocycles. The molecule has 0 aliphatic heterocycles. The maximum atomic E-state index is 12.8. The Morgan fingerprint density at radius 1 is 1.20 bits per heavy atom. The van der Waals surface area contributed by atoms with Crippen LogP contribution in [0, 0.1) is 0 Å². The summed E-state index contributed by atoms with van der Waals surface area (Å²) < 4.78 is 39.6. The first-order valence-electron chi connectivity index (χ1n) is 6.88. The van der Waals surface area contributed by atoms with E-state index in [1.54, 1.807) is 12.1 Å². The Balaban J connectivity index is 2.19. The van der Waals surface area contributed by atoms with Crippen molar-refractivity contribution in [3.8, 4) is 16.9 Å². The zero-order valence-corrected chi connectivity index (χ0v) is 13.1. The summed E-state index contributed by atoms with van der Waals surface area (Å²) in [5.41, 5.74) is -0.170. The van der Waals surface area contributed by atoms with Gasteiger partial charge in [0.15, 0.2) is 5.69 Å². The zero-order chi connectivity index (χ0) is 18.2. The molecule has 2 heterocycles. The first-order chi connectivity index (χ1) is 11.8. The number of nitrogens with zero attached hydrogens (tertiary/aromatic N) is 3. The summed E-state index contributed by atoms with van der Waals surface area (Å²) in [6, 6.07) is 7.38. The van der Waals surface area contributed by atoms with Crippen LogP contribution in [0.4, 0.5) is 13.2 Å². The van der Waals surface area contributed by atoms with Crippen LogP contribution in [0.15, 0.2) is 48.8 Å². The summed E-state index contributed by atoms with van der Waals surface area (Å²) in [6.45, 7) is 0. The summed E-state index contributed by atoms with van der Waals surface area (Å²) in [5.74, 6) is -1.27. The standard InChI is InChI=1S/C16H9ClF3N3O2/c17-11-6-10(16(18,19)20)3-4-13(11)23-14(7-12(22-23)15(24)25)9-2-1-5-21-8-9/h1-8H,(H,24,25). The second kappa shape index (κ2) is 6.21. The maximum absolute atomic E-state index is 12.8. The number of benzene rings is 1. The molecule has 5 nitrogen and oxygen atoms in total. The molecule has 2 aromatic heterocycles. The van der Waals surface area contributed by atoms with E-state index < -0.39 is 17.7 Å². The van der Waals surface area contributed by atoms with E-state index in [1.807, 2.05) is 0 Å². The van der Waals surface area contributed by atoms with Crippen LogP contribution in [-0.2, 0) is 6.18 Å².